The monoisotopic (exact) mass is 343 g/mol. The van der Waals surface area contributed by atoms with Gasteiger partial charge in [0.1, 0.15) is 0 Å². The van der Waals surface area contributed by atoms with E-state index in [0.717, 1.165) is 11.0 Å². The zero-order chi connectivity index (χ0) is 17.0. The maximum Gasteiger partial charge on any atom is 0.270 e. The number of non-ortho nitro benzene ring substituents is 1. The quantitative estimate of drug-likeness (QED) is 0.454. The molecular formula is C13H17N3O6S. The third kappa shape index (κ3) is 4.24. The van der Waals surface area contributed by atoms with Crippen LogP contribution in [0.15, 0.2) is 29.2 Å². The second-order valence-electron chi connectivity index (χ2n) is 5.28. The molecule has 0 saturated carbocycles. The first-order valence-corrected chi connectivity index (χ1v) is 8.53. The van der Waals surface area contributed by atoms with E-state index in [0.29, 0.717) is 19.6 Å². The van der Waals surface area contributed by atoms with Crippen molar-refractivity contribution in [2.24, 2.45) is 0 Å². The molecular weight excluding hydrogens is 326 g/mol. The van der Waals surface area contributed by atoms with Crippen molar-refractivity contribution in [3.8, 4) is 0 Å². The summed E-state index contributed by atoms with van der Waals surface area (Å²) in [4.78, 5) is 21.5. The lowest BCUT2D eigenvalue weighted by Gasteiger charge is -2.31. The molecule has 23 heavy (non-hydrogen) atoms. The van der Waals surface area contributed by atoms with E-state index in [1.54, 1.807) is 0 Å². The lowest BCUT2D eigenvalue weighted by molar-refractivity contribution is -0.903. The van der Waals surface area contributed by atoms with Crippen molar-refractivity contribution in [2.75, 3.05) is 32.7 Å². The number of quaternary nitrogens is 1. The van der Waals surface area contributed by atoms with E-state index in [-0.39, 0.29) is 30.1 Å². The van der Waals surface area contributed by atoms with Gasteiger partial charge in [0.2, 0.25) is 10.0 Å². The molecule has 0 aromatic heterocycles. The number of nitro groups is 1. The van der Waals surface area contributed by atoms with Gasteiger partial charge in [-0.1, -0.05) is 6.07 Å². The van der Waals surface area contributed by atoms with Crippen LogP contribution >= 0.6 is 0 Å². The van der Waals surface area contributed by atoms with Gasteiger partial charge < -0.3 is 14.8 Å². The molecule has 1 aliphatic rings. The Labute approximate surface area is 133 Å². The fraction of sp³-hybridized carbons (Fsp3) is 0.462. The van der Waals surface area contributed by atoms with Gasteiger partial charge in [-0.05, 0) is 6.07 Å². The summed E-state index contributed by atoms with van der Waals surface area (Å²) < 4.78 is 26.3. The number of hydrogen-bond acceptors (Lipinski definition) is 6. The molecule has 2 rings (SSSR count). The smallest absolute Gasteiger partial charge is 0.270 e. The number of nitrogens with zero attached hydrogens (tertiary/aromatic N) is 2. The number of nitrogens with one attached hydrogen (secondary N) is 1. The van der Waals surface area contributed by atoms with Gasteiger partial charge in [-0.15, -0.1) is 0 Å². The average molecular weight is 343 g/mol. The van der Waals surface area contributed by atoms with E-state index >= 15 is 0 Å². The standard InChI is InChI=1S/C13H17N3O6S/c17-13(18)4-5-14-6-8-15(9-7-14)23(21,22)12-3-1-2-11(10-12)16(19)20/h1-3,10H,4-9H2,(H,17,18). The molecule has 0 spiro atoms. The normalized spacial score (nSPS) is 17.0. The number of rotatable bonds is 6. The average Bonchev–Trinajstić information content (AvgIpc) is 2.53. The Morgan fingerprint density at radius 1 is 1.30 bits per heavy atom. The molecule has 1 heterocycles. The number of carboxylic acid groups (broad SMARTS) is 1. The van der Waals surface area contributed by atoms with Crippen molar-refractivity contribution in [1.82, 2.24) is 4.31 Å². The minimum absolute atomic E-state index is 0.0625. The van der Waals surface area contributed by atoms with Gasteiger partial charge in [-0.2, -0.15) is 4.31 Å². The van der Waals surface area contributed by atoms with Crippen LogP contribution in [0, 0.1) is 10.1 Å². The van der Waals surface area contributed by atoms with Crippen molar-refractivity contribution in [3.05, 3.63) is 34.4 Å². The summed E-state index contributed by atoms with van der Waals surface area (Å²) in [5, 5.41) is 21.2. The molecule has 1 saturated heterocycles. The Hall–Kier alpha value is -2.04. The summed E-state index contributed by atoms with van der Waals surface area (Å²) in [5.41, 5.74) is -0.274. The lowest BCUT2D eigenvalue weighted by atomic mass is 10.3. The molecule has 1 N–H and O–H groups in total. The first kappa shape index (κ1) is 17.3. The predicted octanol–water partition coefficient (Wildman–Crippen LogP) is -2.38. The number of carboxylic acids is 1. The molecule has 1 aliphatic heterocycles. The minimum Gasteiger partial charge on any atom is -0.550 e. The Morgan fingerprint density at radius 2 is 1.96 bits per heavy atom. The topological polar surface area (TPSA) is 125 Å². The van der Waals surface area contributed by atoms with E-state index in [1.807, 2.05) is 0 Å². The fourth-order valence-corrected chi connectivity index (χ4v) is 3.96. The number of piperazine rings is 1. The maximum atomic E-state index is 12.5. The highest BCUT2D eigenvalue weighted by molar-refractivity contribution is 7.89. The van der Waals surface area contributed by atoms with Crippen molar-refractivity contribution in [3.63, 3.8) is 0 Å². The number of aliphatic carboxylic acids is 1. The van der Waals surface area contributed by atoms with Crippen molar-refractivity contribution in [1.29, 1.82) is 0 Å². The van der Waals surface area contributed by atoms with Crippen LogP contribution in [0.1, 0.15) is 6.42 Å². The molecule has 126 valence electrons. The minimum atomic E-state index is -3.79. The third-order valence-corrected chi connectivity index (χ3v) is 5.67. The van der Waals surface area contributed by atoms with Crippen molar-refractivity contribution in [2.45, 2.75) is 11.3 Å². The van der Waals surface area contributed by atoms with E-state index < -0.39 is 20.9 Å². The molecule has 0 amide bonds. The summed E-state index contributed by atoms with van der Waals surface area (Å²) in [6, 6.07) is 4.95. The highest BCUT2D eigenvalue weighted by atomic mass is 32.2. The first-order valence-electron chi connectivity index (χ1n) is 7.09. The van der Waals surface area contributed by atoms with Gasteiger partial charge in [0, 0.05) is 24.5 Å². The molecule has 10 heteroatoms. The molecule has 0 bridgehead atoms. The van der Waals surface area contributed by atoms with Gasteiger partial charge in [0.05, 0.1) is 42.5 Å². The van der Waals surface area contributed by atoms with Crippen LogP contribution in [0.3, 0.4) is 0 Å². The van der Waals surface area contributed by atoms with Gasteiger partial charge in [-0.25, -0.2) is 8.42 Å². The molecule has 0 radical (unpaired) electrons. The molecule has 0 unspecified atom stereocenters. The fourth-order valence-electron chi connectivity index (χ4n) is 2.48. The zero-order valence-corrected chi connectivity index (χ0v) is 13.1. The maximum absolute atomic E-state index is 12.5. The number of carbonyl (C=O) groups is 1. The Bertz CT molecular complexity index is 697. The largest absolute Gasteiger partial charge is 0.550 e. The van der Waals surface area contributed by atoms with Gasteiger partial charge in [0.25, 0.3) is 5.69 Å². The van der Waals surface area contributed by atoms with Crippen molar-refractivity contribution < 1.29 is 28.1 Å². The Balaban J connectivity index is 2.06. The predicted molar refractivity (Wildman–Crippen MR) is 77.0 cm³/mol. The van der Waals surface area contributed by atoms with Crippen molar-refractivity contribution >= 4 is 21.7 Å². The zero-order valence-electron chi connectivity index (χ0n) is 12.3. The third-order valence-electron chi connectivity index (χ3n) is 3.78. The number of nitro benzene ring substituents is 1. The van der Waals surface area contributed by atoms with E-state index in [4.69, 9.17) is 0 Å². The summed E-state index contributed by atoms with van der Waals surface area (Å²) in [5.74, 6) is -1.12. The number of carbonyl (C=O) groups excluding carboxylic acids is 1. The molecule has 1 aromatic carbocycles. The van der Waals surface area contributed by atoms with Crippen LogP contribution in [0.4, 0.5) is 5.69 Å². The molecule has 0 atom stereocenters. The van der Waals surface area contributed by atoms with Crippen LogP contribution in [-0.4, -0.2) is 56.3 Å². The number of hydrogen-bond donors (Lipinski definition) is 1. The second-order valence-corrected chi connectivity index (χ2v) is 7.22. The van der Waals surface area contributed by atoms with Crippen LogP contribution in [-0.2, 0) is 14.8 Å². The first-order chi connectivity index (χ1) is 10.8. The van der Waals surface area contributed by atoms with Gasteiger partial charge in [-0.3, -0.25) is 10.1 Å². The molecule has 1 fully saturated rings. The van der Waals surface area contributed by atoms with Crippen LogP contribution < -0.4 is 10.0 Å². The summed E-state index contributed by atoms with van der Waals surface area (Å²) in [7, 11) is -3.79. The number of benzene rings is 1. The van der Waals surface area contributed by atoms with E-state index in [9.17, 15) is 28.4 Å². The Morgan fingerprint density at radius 3 is 2.52 bits per heavy atom. The SMILES string of the molecule is O=C([O-])CC[NH+]1CCN(S(=O)(=O)c2cccc([N+](=O)[O-])c2)CC1. The van der Waals surface area contributed by atoms with Crippen LogP contribution in [0.5, 0.6) is 0 Å². The summed E-state index contributed by atoms with van der Waals surface area (Å²) >= 11 is 0. The number of sulfonamides is 1. The van der Waals surface area contributed by atoms with Gasteiger partial charge >= 0.3 is 0 Å². The van der Waals surface area contributed by atoms with E-state index in [2.05, 4.69) is 0 Å². The Kier molecular flexibility index (Phi) is 5.29. The molecule has 0 aliphatic carbocycles. The second kappa shape index (κ2) is 7.02. The van der Waals surface area contributed by atoms with Crippen LogP contribution in [0.2, 0.25) is 0 Å². The van der Waals surface area contributed by atoms with Gasteiger partial charge in [0.15, 0.2) is 0 Å². The highest BCUT2D eigenvalue weighted by Crippen LogP contribution is 2.20. The lowest BCUT2D eigenvalue weighted by Crippen LogP contribution is -3.15. The van der Waals surface area contributed by atoms with E-state index in [1.165, 1.54) is 22.5 Å². The molecule has 9 nitrogen and oxygen atoms in total. The summed E-state index contributed by atoms with van der Waals surface area (Å²) in [6.45, 7) is 1.86. The molecule has 1 aromatic rings. The summed E-state index contributed by atoms with van der Waals surface area (Å²) in [6.07, 6.45) is -0.0625. The van der Waals surface area contributed by atoms with Crippen LogP contribution in [0.25, 0.3) is 0 Å². The highest BCUT2D eigenvalue weighted by Gasteiger charge is 2.31.